The van der Waals surface area contributed by atoms with Gasteiger partial charge in [-0.15, -0.1) is 0 Å². The number of ether oxygens (including phenoxy) is 1. The van der Waals surface area contributed by atoms with Crippen molar-refractivity contribution in [1.82, 2.24) is 20.5 Å². The van der Waals surface area contributed by atoms with Crippen LogP contribution < -0.4 is 10.6 Å². The highest BCUT2D eigenvalue weighted by Crippen LogP contribution is 2.20. The molecule has 0 aliphatic carbocycles. The first-order valence-electron chi connectivity index (χ1n) is 10.1. The van der Waals surface area contributed by atoms with Crippen molar-refractivity contribution < 1.29 is 14.3 Å². The van der Waals surface area contributed by atoms with Gasteiger partial charge in [0.1, 0.15) is 0 Å². The van der Waals surface area contributed by atoms with Crippen LogP contribution >= 0.6 is 0 Å². The van der Waals surface area contributed by atoms with Crippen LogP contribution in [0, 0.1) is 0 Å². The molecule has 1 aliphatic heterocycles. The molecule has 1 saturated heterocycles. The predicted molar refractivity (Wildman–Crippen MR) is 110 cm³/mol. The Labute approximate surface area is 171 Å². The molecule has 0 saturated carbocycles. The average Bonchev–Trinajstić information content (AvgIpc) is 2.79. The highest BCUT2D eigenvalue weighted by atomic mass is 16.5. The number of amides is 2. The van der Waals surface area contributed by atoms with Gasteiger partial charge in [-0.05, 0) is 30.0 Å². The molecule has 1 fully saturated rings. The number of hydrogen-bond donors (Lipinski definition) is 2. The van der Waals surface area contributed by atoms with E-state index in [1.54, 1.807) is 12.4 Å². The van der Waals surface area contributed by atoms with Crippen molar-refractivity contribution in [2.24, 2.45) is 0 Å². The third kappa shape index (κ3) is 6.66. The van der Waals surface area contributed by atoms with Crippen LogP contribution in [0.15, 0.2) is 54.9 Å². The Morgan fingerprint density at radius 2 is 1.79 bits per heavy atom. The molecule has 0 bridgehead atoms. The van der Waals surface area contributed by atoms with Gasteiger partial charge >= 0.3 is 11.8 Å². The van der Waals surface area contributed by atoms with E-state index in [1.165, 1.54) is 5.56 Å². The molecule has 1 aromatic carbocycles. The van der Waals surface area contributed by atoms with E-state index in [0.29, 0.717) is 26.3 Å². The number of carbonyl (C=O) groups is 2. The average molecular weight is 396 g/mol. The molecule has 0 spiro atoms. The second kappa shape index (κ2) is 11.3. The Hall–Kier alpha value is -2.77. The predicted octanol–water partition coefficient (Wildman–Crippen LogP) is 1.32. The Bertz CT molecular complexity index is 764. The van der Waals surface area contributed by atoms with Crippen LogP contribution in [0.5, 0.6) is 0 Å². The molecule has 3 rings (SSSR count). The van der Waals surface area contributed by atoms with Gasteiger partial charge in [0.2, 0.25) is 0 Å². The molecule has 2 N–H and O–H groups in total. The minimum absolute atomic E-state index is 0.0394. The van der Waals surface area contributed by atoms with Crippen LogP contribution in [-0.4, -0.2) is 61.1 Å². The highest BCUT2D eigenvalue weighted by molar-refractivity contribution is 6.35. The summed E-state index contributed by atoms with van der Waals surface area (Å²) < 4.78 is 5.43. The van der Waals surface area contributed by atoms with Crippen LogP contribution in [-0.2, 0) is 20.7 Å². The van der Waals surface area contributed by atoms with Gasteiger partial charge in [-0.2, -0.15) is 0 Å². The van der Waals surface area contributed by atoms with Crippen molar-refractivity contribution >= 4 is 11.8 Å². The van der Waals surface area contributed by atoms with Crippen molar-refractivity contribution in [3.05, 3.63) is 66.0 Å². The molecule has 154 valence electrons. The van der Waals surface area contributed by atoms with Gasteiger partial charge in [0, 0.05) is 38.6 Å². The van der Waals surface area contributed by atoms with E-state index < -0.39 is 11.8 Å². The molecule has 0 radical (unpaired) electrons. The molecule has 2 amide bonds. The van der Waals surface area contributed by atoms with E-state index in [0.717, 1.165) is 31.5 Å². The third-order valence-electron chi connectivity index (χ3n) is 4.99. The second-order valence-electron chi connectivity index (χ2n) is 7.01. The van der Waals surface area contributed by atoms with Crippen LogP contribution in [0.25, 0.3) is 0 Å². The number of morpholine rings is 1. The topological polar surface area (TPSA) is 83.6 Å². The summed E-state index contributed by atoms with van der Waals surface area (Å²) in [7, 11) is 0. The monoisotopic (exact) mass is 396 g/mol. The van der Waals surface area contributed by atoms with E-state index in [1.807, 2.05) is 30.3 Å². The van der Waals surface area contributed by atoms with Crippen molar-refractivity contribution in [3.63, 3.8) is 0 Å². The summed E-state index contributed by atoms with van der Waals surface area (Å²) in [5.74, 6) is -1.20. The van der Waals surface area contributed by atoms with Crippen molar-refractivity contribution in [3.8, 4) is 0 Å². The molecule has 1 aromatic heterocycles. The SMILES string of the molecule is O=C(NCCCc1ccccc1)C(=O)NCC(c1cccnc1)N1CCOCC1. The molecule has 7 nitrogen and oxygen atoms in total. The Balaban J connectivity index is 1.45. The van der Waals surface area contributed by atoms with Crippen molar-refractivity contribution in [2.45, 2.75) is 18.9 Å². The summed E-state index contributed by atoms with van der Waals surface area (Å²) in [6.45, 7) is 3.69. The molecule has 1 unspecified atom stereocenters. The maximum Gasteiger partial charge on any atom is 0.309 e. The van der Waals surface area contributed by atoms with E-state index in [4.69, 9.17) is 4.74 Å². The minimum Gasteiger partial charge on any atom is -0.379 e. The Kier molecular flexibility index (Phi) is 8.15. The lowest BCUT2D eigenvalue weighted by atomic mass is 10.1. The van der Waals surface area contributed by atoms with Crippen LogP contribution in [0.1, 0.15) is 23.6 Å². The summed E-state index contributed by atoms with van der Waals surface area (Å²) in [5, 5.41) is 5.47. The number of nitrogens with one attached hydrogen (secondary N) is 2. The molecule has 7 heteroatoms. The van der Waals surface area contributed by atoms with Crippen LogP contribution in [0.3, 0.4) is 0 Å². The molecule has 2 aromatic rings. The molecular formula is C22H28N4O3. The molecule has 29 heavy (non-hydrogen) atoms. The Morgan fingerprint density at radius 1 is 1.03 bits per heavy atom. The van der Waals surface area contributed by atoms with Gasteiger partial charge in [0.25, 0.3) is 0 Å². The number of aryl methyl sites for hydroxylation is 1. The molecule has 1 atom stereocenters. The highest BCUT2D eigenvalue weighted by Gasteiger charge is 2.24. The number of rotatable bonds is 8. The summed E-state index contributed by atoms with van der Waals surface area (Å²) in [5.41, 5.74) is 2.23. The summed E-state index contributed by atoms with van der Waals surface area (Å²) in [4.78, 5) is 30.8. The minimum atomic E-state index is -0.605. The summed E-state index contributed by atoms with van der Waals surface area (Å²) >= 11 is 0. The fourth-order valence-electron chi connectivity index (χ4n) is 3.41. The maximum atomic E-state index is 12.2. The van der Waals surface area contributed by atoms with Crippen molar-refractivity contribution in [1.29, 1.82) is 0 Å². The smallest absolute Gasteiger partial charge is 0.309 e. The number of carbonyl (C=O) groups excluding carboxylic acids is 2. The Morgan fingerprint density at radius 3 is 2.52 bits per heavy atom. The first-order valence-corrected chi connectivity index (χ1v) is 10.1. The summed E-state index contributed by atoms with van der Waals surface area (Å²) in [6.07, 6.45) is 5.18. The van der Waals surface area contributed by atoms with E-state index in [2.05, 4.69) is 32.7 Å². The fraction of sp³-hybridized carbons (Fsp3) is 0.409. The van der Waals surface area contributed by atoms with Crippen LogP contribution in [0.4, 0.5) is 0 Å². The lowest BCUT2D eigenvalue weighted by molar-refractivity contribution is -0.139. The third-order valence-corrected chi connectivity index (χ3v) is 4.99. The zero-order valence-electron chi connectivity index (χ0n) is 16.5. The van der Waals surface area contributed by atoms with Gasteiger partial charge in [0.05, 0.1) is 19.3 Å². The van der Waals surface area contributed by atoms with E-state index in [9.17, 15) is 9.59 Å². The largest absolute Gasteiger partial charge is 0.379 e. The molecular weight excluding hydrogens is 368 g/mol. The number of nitrogens with zero attached hydrogens (tertiary/aromatic N) is 2. The number of pyridine rings is 1. The van der Waals surface area contributed by atoms with E-state index in [-0.39, 0.29) is 6.04 Å². The van der Waals surface area contributed by atoms with Gasteiger partial charge in [-0.25, -0.2) is 0 Å². The zero-order chi connectivity index (χ0) is 20.3. The van der Waals surface area contributed by atoms with E-state index >= 15 is 0 Å². The van der Waals surface area contributed by atoms with Gasteiger partial charge in [-0.1, -0.05) is 36.4 Å². The number of hydrogen-bond acceptors (Lipinski definition) is 5. The van der Waals surface area contributed by atoms with Gasteiger partial charge in [0.15, 0.2) is 0 Å². The summed E-state index contributed by atoms with van der Waals surface area (Å²) in [6, 6.07) is 13.9. The standard InChI is InChI=1S/C22H28N4O3/c27-21(24-11-4-8-18-6-2-1-3-7-18)22(28)25-17-20(19-9-5-10-23-16-19)26-12-14-29-15-13-26/h1-3,5-7,9-10,16,20H,4,8,11-15,17H2,(H,24,27)(H,25,28). The maximum absolute atomic E-state index is 12.2. The molecule has 1 aliphatic rings. The molecule has 2 heterocycles. The van der Waals surface area contributed by atoms with Crippen LogP contribution in [0.2, 0.25) is 0 Å². The first-order chi connectivity index (χ1) is 14.2. The fourth-order valence-corrected chi connectivity index (χ4v) is 3.41. The van der Waals surface area contributed by atoms with Gasteiger partial charge in [-0.3, -0.25) is 19.5 Å². The second-order valence-corrected chi connectivity index (χ2v) is 7.01. The van der Waals surface area contributed by atoms with Gasteiger partial charge < -0.3 is 15.4 Å². The number of benzene rings is 1. The zero-order valence-corrected chi connectivity index (χ0v) is 16.5. The lowest BCUT2D eigenvalue weighted by Gasteiger charge is -2.34. The normalized spacial score (nSPS) is 15.4. The quantitative estimate of drug-likeness (QED) is 0.519. The lowest BCUT2D eigenvalue weighted by Crippen LogP contribution is -2.46. The van der Waals surface area contributed by atoms with Crippen molar-refractivity contribution in [2.75, 3.05) is 39.4 Å². The number of aromatic nitrogens is 1. The first kappa shape index (κ1) is 21.0.